The van der Waals surface area contributed by atoms with Gasteiger partial charge in [0.1, 0.15) is 5.75 Å². The molecule has 1 nitrogen and oxygen atoms in total. The van der Waals surface area contributed by atoms with Crippen LogP contribution < -0.4 is 4.74 Å². The monoisotopic (exact) mass is 254 g/mol. The highest BCUT2D eigenvalue weighted by Gasteiger charge is 2.19. The van der Waals surface area contributed by atoms with Crippen molar-refractivity contribution in [1.82, 2.24) is 0 Å². The second-order valence-corrected chi connectivity index (χ2v) is 6.16. The molecular formula is C15H23ClO. The predicted molar refractivity (Wildman–Crippen MR) is 74.9 cm³/mol. The Morgan fingerprint density at radius 2 is 1.88 bits per heavy atom. The van der Waals surface area contributed by atoms with Crippen LogP contribution in [0.1, 0.15) is 40.0 Å². The summed E-state index contributed by atoms with van der Waals surface area (Å²) in [5.74, 6) is 0.955. The summed E-state index contributed by atoms with van der Waals surface area (Å²) in [4.78, 5) is 0. The van der Waals surface area contributed by atoms with E-state index in [2.05, 4.69) is 20.8 Å². The second kappa shape index (κ2) is 6.90. The molecule has 0 spiro atoms. The third kappa shape index (κ3) is 6.58. The van der Waals surface area contributed by atoms with Crippen LogP contribution in [0.4, 0.5) is 0 Å². The number of hydrogen-bond donors (Lipinski definition) is 0. The van der Waals surface area contributed by atoms with Gasteiger partial charge in [0, 0.05) is 5.38 Å². The summed E-state index contributed by atoms with van der Waals surface area (Å²) in [6.45, 7) is 7.39. The first kappa shape index (κ1) is 14.4. The van der Waals surface area contributed by atoms with Crippen LogP contribution in [0, 0.1) is 5.41 Å². The first-order valence-electron chi connectivity index (χ1n) is 6.31. The van der Waals surface area contributed by atoms with Crippen LogP contribution in [0.5, 0.6) is 5.75 Å². The lowest BCUT2D eigenvalue weighted by Crippen LogP contribution is -2.16. The molecule has 0 amide bonds. The first-order valence-corrected chi connectivity index (χ1v) is 6.75. The van der Waals surface area contributed by atoms with E-state index in [-0.39, 0.29) is 5.38 Å². The highest BCUT2D eigenvalue weighted by Crippen LogP contribution is 2.29. The number of rotatable bonds is 7. The normalized spacial score (nSPS) is 13.4. The number of para-hydroxylation sites is 1. The number of ether oxygens (including phenoxy) is 1. The average Bonchev–Trinajstić information content (AvgIpc) is 2.24. The van der Waals surface area contributed by atoms with Gasteiger partial charge in [-0.1, -0.05) is 32.0 Å². The fourth-order valence-corrected chi connectivity index (χ4v) is 2.54. The quantitative estimate of drug-likeness (QED) is 0.497. The number of alkyl halides is 1. The molecule has 0 saturated carbocycles. The molecule has 1 aromatic rings. The molecule has 1 aromatic carbocycles. The summed E-state index contributed by atoms with van der Waals surface area (Å²) < 4.78 is 5.67. The third-order valence-electron chi connectivity index (χ3n) is 2.84. The zero-order chi connectivity index (χ0) is 12.7. The molecule has 96 valence electrons. The Morgan fingerprint density at radius 3 is 2.47 bits per heavy atom. The van der Waals surface area contributed by atoms with E-state index in [4.69, 9.17) is 16.3 Å². The Hall–Kier alpha value is -0.690. The van der Waals surface area contributed by atoms with E-state index in [0.29, 0.717) is 5.41 Å². The van der Waals surface area contributed by atoms with Crippen LogP contribution in [0.3, 0.4) is 0 Å². The van der Waals surface area contributed by atoms with E-state index in [1.807, 2.05) is 30.3 Å². The molecule has 0 radical (unpaired) electrons. The molecule has 0 aliphatic rings. The number of halogens is 1. The van der Waals surface area contributed by atoms with E-state index in [1.54, 1.807) is 0 Å². The second-order valence-electron chi connectivity index (χ2n) is 5.41. The lowest BCUT2D eigenvalue weighted by Gasteiger charge is -2.25. The smallest absolute Gasteiger partial charge is 0.119 e. The minimum absolute atomic E-state index is 0.250. The number of hydrogen-bond acceptors (Lipinski definition) is 1. The summed E-state index contributed by atoms with van der Waals surface area (Å²) in [6.07, 6.45) is 3.28. The van der Waals surface area contributed by atoms with Gasteiger partial charge in [0.05, 0.1) is 6.61 Å². The molecule has 0 saturated heterocycles. The lowest BCUT2D eigenvalue weighted by molar-refractivity contribution is 0.245. The fraction of sp³-hybridized carbons (Fsp3) is 0.600. The molecule has 0 aromatic heterocycles. The van der Waals surface area contributed by atoms with Crippen LogP contribution in [0.25, 0.3) is 0 Å². The van der Waals surface area contributed by atoms with E-state index >= 15 is 0 Å². The molecule has 0 N–H and O–H groups in total. The maximum Gasteiger partial charge on any atom is 0.119 e. The van der Waals surface area contributed by atoms with Gasteiger partial charge in [-0.3, -0.25) is 0 Å². The van der Waals surface area contributed by atoms with Crippen molar-refractivity contribution in [2.45, 2.75) is 45.4 Å². The zero-order valence-electron chi connectivity index (χ0n) is 11.1. The molecule has 0 aliphatic carbocycles. The summed E-state index contributed by atoms with van der Waals surface area (Å²) in [5.41, 5.74) is 0.307. The third-order valence-corrected chi connectivity index (χ3v) is 3.00. The Labute approximate surface area is 110 Å². The standard InChI is InChI=1S/C15H23ClO/c1-13(16)12-15(2,3)10-7-11-17-14-8-5-4-6-9-14/h4-6,8-9,13H,7,10-12H2,1-3H3. The molecule has 0 aliphatic heterocycles. The van der Waals surface area contributed by atoms with Gasteiger partial charge in [-0.2, -0.15) is 0 Å². The van der Waals surface area contributed by atoms with E-state index in [9.17, 15) is 0 Å². The van der Waals surface area contributed by atoms with E-state index in [1.165, 1.54) is 0 Å². The van der Waals surface area contributed by atoms with E-state index < -0.39 is 0 Å². The van der Waals surface area contributed by atoms with Gasteiger partial charge in [0.25, 0.3) is 0 Å². The predicted octanol–water partition coefficient (Wildman–Crippen LogP) is 4.89. The summed E-state index contributed by atoms with van der Waals surface area (Å²) >= 11 is 6.04. The molecule has 1 unspecified atom stereocenters. The SMILES string of the molecule is CC(Cl)CC(C)(C)CCCOc1ccccc1. The topological polar surface area (TPSA) is 9.23 Å². The first-order chi connectivity index (χ1) is 7.99. The minimum atomic E-state index is 0.250. The van der Waals surface area contributed by atoms with Gasteiger partial charge >= 0.3 is 0 Å². The van der Waals surface area contributed by atoms with Crippen molar-refractivity contribution in [3.63, 3.8) is 0 Å². The van der Waals surface area contributed by atoms with Gasteiger partial charge in [0.15, 0.2) is 0 Å². The van der Waals surface area contributed by atoms with Crippen molar-refractivity contribution in [3.05, 3.63) is 30.3 Å². The van der Waals surface area contributed by atoms with Crippen molar-refractivity contribution in [2.75, 3.05) is 6.61 Å². The molecule has 0 heterocycles. The Balaban J connectivity index is 2.20. The van der Waals surface area contributed by atoms with Gasteiger partial charge in [0.2, 0.25) is 0 Å². The lowest BCUT2D eigenvalue weighted by atomic mass is 9.83. The Morgan fingerprint density at radius 1 is 1.24 bits per heavy atom. The van der Waals surface area contributed by atoms with Gasteiger partial charge < -0.3 is 4.74 Å². The number of benzene rings is 1. The molecule has 0 bridgehead atoms. The minimum Gasteiger partial charge on any atom is -0.494 e. The molecule has 17 heavy (non-hydrogen) atoms. The molecule has 1 atom stereocenters. The molecule has 2 heteroatoms. The van der Waals surface area contributed by atoms with Crippen LogP contribution in [0.2, 0.25) is 0 Å². The summed E-state index contributed by atoms with van der Waals surface area (Å²) in [6, 6.07) is 9.97. The highest BCUT2D eigenvalue weighted by molar-refractivity contribution is 6.20. The van der Waals surface area contributed by atoms with Crippen molar-refractivity contribution < 1.29 is 4.74 Å². The van der Waals surface area contributed by atoms with Gasteiger partial charge in [-0.25, -0.2) is 0 Å². The molecular weight excluding hydrogens is 232 g/mol. The average molecular weight is 255 g/mol. The summed E-state index contributed by atoms with van der Waals surface area (Å²) in [7, 11) is 0. The maximum absolute atomic E-state index is 6.04. The molecule has 1 rings (SSSR count). The van der Waals surface area contributed by atoms with Gasteiger partial charge in [-0.05, 0) is 43.7 Å². The largest absolute Gasteiger partial charge is 0.494 e. The molecule has 0 fully saturated rings. The van der Waals surface area contributed by atoms with Gasteiger partial charge in [-0.15, -0.1) is 11.6 Å². The van der Waals surface area contributed by atoms with Crippen molar-refractivity contribution in [1.29, 1.82) is 0 Å². The van der Waals surface area contributed by atoms with Crippen LogP contribution in [-0.2, 0) is 0 Å². The highest BCUT2D eigenvalue weighted by atomic mass is 35.5. The Bertz CT molecular complexity index is 306. The van der Waals surface area contributed by atoms with Crippen LogP contribution in [0.15, 0.2) is 30.3 Å². The zero-order valence-corrected chi connectivity index (χ0v) is 11.8. The van der Waals surface area contributed by atoms with E-state index in [0.717, 1.165) is 31.6 Å². The van der Waals surface area contributed by atoms with Crippen molar-refractivity contribution >= 4 is 11.6 Å². The Kier molecular flexibility index (Phi) is 5.84. The van der Waals surface area contributed by atoms with Crippen LogP contribution in [-0.4, -0.2) is 12.0 Å². The van der Waals surface area contributed by atoms with Crippen LogP contribution >= 0.6 is 11.6 Å². The maximum atomic E-state index is 6.04. The van der Waals surface area contributed by atoms with Crippen molar-refractivity contribution in [3.8, 4) is 5.75 Å². The summed E-state index contributed by atoms with van der Waals surface area (Å²) in [5, 5.41) is 0.250. The van der Waals surface area contributed by atoms with Crippen molar-refractivity contribution in [2.24, 2.45) is 5.41 Å². The fourth-order valence-electron chi connectivity index (χ4n) is 2.12.